The number of anilines is 1. The van der Waals surface area contributed by atoms with E-state index in [0.717, 1.165) is 34.2 Å². The molecule has 1 amide bonds. The van der Waals surface area contributed by atoms with Gasteiger partial charge in [-0.05, 0) is 36.1 Å². The van der Waals surface area contributed by atoms with E-state index in [2.05, 4.69) is 17.2 Å². The molecule has 9 heteroatoms. The molecule has 0 radical (unpaired) electrons. The highest BCUT2D eigenvalue weighted by molar-refractivity contribution is 7.99. The Morgan fingerprint density at radius 2 is 1.74 bits per heavy atom. The third kappa shape index (κ3) is 5.40. The number of hydrogen-bond acceptors (Lipinski definition) is 5. The smallest absolute Gasteiger partial charge is 0.326 e. The van der Waals surface area contributed by atoms with Crippen LogP contribution in [0.4, 0.5) is 5.69 Å². The van der Waals surface area contributed by atoms with Crippen LogP contribution in [0.5, 0.6) is 0 Å². The van der Waals surface area contributed by atoms with E-state index in [-0.39, 0.29) is 11.4 Å². The van der Waals surface area contributed by atoms with E-state index >= 15 is 0 Å². The maximum absolute atomic E-state index is 12.8. The van der Waals surface area contributed by atoms with Crippen molar-refractivity contribution in [2.45, 2.75) is 37.9 Å². The molecule has 0 fully saturated rings. The van der Waals surface area contributed by atoms with Crippen LogP contribution in [0.1, 0.15) is 24.5 Å². The molecule has 1 N–H and O–H groups in total. The van der Waals surface area contributed by atoms with Crippen LogP contribution in [-0.4, -0.2) is 30.3 Å². The standard InChI is InChI=1S/C26H29N5O3S/c1-4-18-11-8-12-20(17-18)27-21(32)14-16-35-25-28-22-23(29(2)26(34)30(3)24(22)33)31(25)15-13-19-9-6-5-7-10-19/h5-12,17H,4,13-16H2,1-3H3,(H,27,32). The molecule has 0 bridgehead atoms. The highest BCUT2D eigenvalue weighted by atomic mass is 32.2. The molecule has 182 valence electrons. The summed E-state index contributed by atoms with van der Waals surface area (Å²) in [6, 6.07) is 17.8. The van der Waals surface area contributed by atoms with Crippen LogP contribution < -0.4 is 16.6 Å². The van der Waals surface area contributed by atoms with Gasteiger partial charge in [-0.1, -0.05) is 61.2 Å². The summed E-state index contributed by atoms with van der Waals surface area (Å²) in [6.07, 6.45) is 1.91. The number of rotatable bonds is 9. The topological polar surface area (TPSA) is 90.9 Å². The Morgan fingerprint density at radius 3 is 2.49 bits per heavy atom. The largest absolute Gasteiger partial charge is 0.332 e. The van der Waals surface area contributed by atoms with E-state index < -0.39 is 11.2 Å². The summed E-state index contributed by atoms with van der Waals surface area (Å²) >= 11 is 1.41. The predicted molar refractivity (Wildman–Crippen MR) is 140 cm³/mol. The van der Waals surface area contributed by atoms with E-state index in [1.54, 1.807) is 7.05 Å². The maximum atomic E-state index is 12.8. The maximum Gasteiger partial charge on any atom is 0.332 e. The van der Waals surface area contributed by atoms with Gasteiger partial charge in [0.1, 0.15) is 0 Å². The Labute approximate surface area is 207 Å². The summed E-state index contributed by atoms with van der Waals surface area (Å²) in [5.41, 5.74) is 3.03. The first-order valence-corrected chi connectivity index (χ1v) is 12.6. The van der Waals surface area contributed by atoms with E-state index in [1.165, 1.54) is 23.4 Å². The van der Waals surface area contributed by atoms with Crippen molar-refractivity contribution in [2.24, 2.45) is 14.1 Å². The Hall–Kier alpha value is -3.59. The van der Waals surface area contributed by atoms with Gasteiger partial charge < -0.3 is 9.88 Å². The highest BCUT2D eigenvalue weighted by Crippen LogP contribution is 2.23. The average molecular weight is 492 g/mol. The molecule has 0 saturated carbocycles. The molecule has 0 aliphatic carbocycles. The lowest BCUT2D eigenvalue weighted by Gasteiger charge is -2.11. The Kier molecular flexibility index (Phi) is 7.55. The minimum absolute atomic E-state index is 0.0824. The van der Waals surface area contributed by atoms with Crippen LogP contribution in [0.3, 0.4) is 0 Å². The van der Waals surface area contributed by atoms with E-state index in [9.17, 15) is 14.4 Å². The fourth-order valence-electron chi connectivity index (χ4n) is 3.99. The summed E-state index contributed by atoms with van der Waals surface area (Å²) in [7, 11) is 3.11. The van der Waals surface area contributed by atoms with Gasteiger partial charge in [-0.3, -0.25) is 18.7 Å². The fraction of sp³-hybridized carbons (Fsp3) is 0.308. The summed E-state index contributed by atoms with van der Waals surface area (Å²) in [6.45, 7) is 2.63. The zero-order valence-corrected chi connectivity index (χ0v) is 21.0. The third-order valence-corrected chi connectivity index (χ3v) is 6.93. The molecule has 4 aromatic rings. The van der Waals surface area contributed by atoms with Gasteiger partial charge >= 0.3 is 5.69 Å². The molecule has 4 rings (SSSR count). The number of carbonyl (C=O) groups is 1. The van der Waals surface area contributed by atoms with Gasteiger partial charge in [0.25, 0.3) is 5.56 Å². The number of aromatic nitrogens is 4. The number of amides is 1. The number of nitrogens with zero attached hydrogens (tertiary/aromatic N) is 4. The molecule has 0 atom stereocenters. The molecule has 8 nitrogen and oxygen atoms in total. The molecular formula is C26H29N5O3S. The van der Waals surface area contributed by atoms with Crippen LogP contribution in [-0.2, 0) is 38.3 Å². The van der Waals surface area contributed by atoms with E-state index in [4.69, 9.17) is 0 Å². The van der Waals surface area contributed by atoms with Gasteiger partial charge in [0.05, 0.1) is 0 Å². The Morgan fingerprint density at radius 1 is 1.00 bits per heavy atom. The van der Waals surface area contributed by atoms with Crippen LogP contribution in [0, 0.1) is 0 Å². The van der Waals surface area contributed by atoms with Crippen molar-refractivity contribution in [2.75, 3.05) is 11.1 Å². The SMILES string of the molecule is CCc1cccc(NC(=O)CCSc2nc3c(=O)n(C)c(=O)n(C)c3n2CCc2ccccc2)c1. The zero-order chi connectivity index (χ0) is 24.9. The van der Waals surface area contributed by atoms with Crippen LogP contribution in [0.15, 0.2) is 69.3 Å². The first-order valence-electron chi connectivity index (χ1n) is 11.6. The molecule has 35 heavy (non-hydrogen) atoms. The summed E-state index contributed by atoms with van der Waals surface area (Å²) in [5, 5.41) is 3.57. The predicted octanol–water partition coefficient (Wildman–Crippen LogP) is 3.36. The molecule has 2 heterocycles. The van der Waals surface area contributed by atoms with Gasteiger partial charge in [-0.25, -0.2) is 9.78 Å². The van der Waals surface area contributed by atoms with Crippen molar-refractivity contribution in [3.63, 3.8) is 0 Å². The number of benzene rings is 2. The second-order valence-electron chi connectivity index (χ2n) is 8.36. The summed E-state index contributed by atoms with van der Waals surface area (Å²) < 4.78 is 4.45. The molecule has 2 aromatic heterocycles. The van der Waals surface area contributed by atoms with E-state index in [1.807, 2.05) is 59.2 Å². The van der Waals surface area contributed by atoms with Crippen LogP contribution in [0.25, 0.3) is 11.2 Å². The zero-order valence-electron chi connectivity index (χ0n) is 20.2. The van der Waals surface area contributed by atoms with Gasteiger partial charge in [0.15, 0.2) is 16.3 Å². The highest BCUT2D eigenvalue weighted by Gasteiger charge is 2.19. The van der Waals surface area contributed by atoms with Gasteiger partial charge in [-0.2, -0.15) is 0 Å². The lowest BCUT2D eigenvalue weighted by atomic mass is 10.1. The number of carbonyl (C=O) groups excluding carboxylic acids is 1. The molecular weight excluding hydrogens is 462 g/mol. The monoisotopic (exact) mass is 491 g/mol. The normalized spacial score (nSPS) is 11.2. The van der Waals surface area contributed by atoms with Crippen molar-refractivity contribution in [3.05, 3.63) is 86.6 Å². The second-order valence-corrected chi connectivity index (χ2v) is 9.42. The van der Waals surface area contributed by atoms with Gasteiger partial charge in [-0.15, -0.1) is 0 Å². The minimum Gasteiger partial charge on any atom is -0.326 e. The summed E-state index contributed by atoms with van der Waals surface area (Å²) in [4.78, 5) is 42.5. The van der Waals surface area contributed by atoms with E-state index in [0.29, 0.717) is 29.5 Å². The van der Waals surface area contributed by atoms with Gasteiger partial charge in [0.2, 0.25) is 5.91 Å². The lowest BCUT2D eigenvalue weighted by Crippen LogP contribution is -2.37. The first kappa shape index (κ1) is 24.5. The second kappa shape index (κ2) is 10.8. The fourth-order valence-corrected chi connectivity index (χ4v) is 4.95. The molecule has 0 aliphatic rings. The molecule has 0 spiro atoms. The van der Waals surface area contributed by atoms with Crippen LogP contribution >= 0.6 is 11.8 Å². The number of imidazole rings is 1. The molecule has 0 aliphatic heterocycles. The quantitative estimate of drug-likeness (QED) is 0.363. The first-order chi connectivity index (χ1) is 16.9. The minimum atomic E-state index is -0.419. The van der Waals surface area contributed by atoms with Gasteiger partial charge in [0, 0.05) is 38.5 Å². The molecule has 0 saturated heterocycles. The number of nitrogens with one attached hydrogen (secondary N) is 1. The third-order valence-electron chi connectivity index (χ3n) is 5.95. The number of thioether (sulfide) groups is 1. The number of hydrogen-bond donors (Lipinski definition) is 1. The molecule has 0 unspecified atom stereocenters. The Bertz CT molecular complexity index is 1470. The number of aryl methyl sites for hydroxylation is 4. The van der Waals surface area contributed by atoms with Crippen molar-refractivity contribution in [3.8, 4) is 0 Å². The average Bonchev–Trinajstić information content (AvgIpc) is 3.24. The molecule has 2 aromatic carbocycles. The van der Waals surface area contributed by atoms with Crippen molar-refractivity contribution in [1.82, 2.24) is 18.7 Å². The lowest BCUT2D eigenvalue weighted by molar-refractivity contribution is -0.115. The number of fused-ring (bicyclic) bond motifs is 1. The summed E-state index contributed by atoms with van der Waals surface area (Å²) in [5.74, 6) is 0.406. The van der Waals surface area contributed by atoms with Crippen molar-refractivity contribution in [1.29, 1.82) is 0 Å². The Balaban J connectivity index is 1.55. The van der Waals surface area contributed by atoms with Crippen molar-refractivity contribution < 1.29 is 4.79 Å². The van der Waals surface area contributed by atoms with Crippen LogP contribution in [0.2, 0.25) is 0 Å². The van der Waals surface area contributed by atoms with Crippen molar-refractivity contribution >= 4 is 34.5 Å².